The van der Waals surface area contributed by atoms with Crippen LogP contribution in [-0.4, -0.2) is 21.3 Å². The van der Waals surface area contributed by atoms with Crippen LogP contribution in [0.4, 0.5) is 0 Å². The van der Waals surface area contributed by atoms with Crippen LogP contribution < -0.4 is 0 Å². The zero-order valence-electron chi connectivity index (χ0n) is 8.39. The first-order chi connectivity index (χ1) is 6.65. The van der Waals surface area contributed by atoms with E-state index in [1.165, 1.54) is 32.5 Å². The third kappa shape index (κ3) is 2.42. The minimum Gasteiger partial charge on any atom is -0.290 e. The molecule has 2 rings (SSSR count). The topological polar surface area (TPSA) is 44.8 Å². The summed E-state index contributed by atoms with van der Waals surface area (Å²) in [5, 5.41) is 0. The highest BCUT2D eigenvalue weighted by molar-refractivity contribution is 7.48. The standard InChI is InChI=1S/C6H4.C3H9O4P/c1-2-6-4-3-5(1)6;1-5-8(4,6-2)7-3/h1-4H;1-3H3. The molecule has 0 spiro atoms. The number of phosphoric ester groups is 1. The van der Waals surface area contributed by atoms with Crippen LogP contribution in [0.15, 0.2) is 24.3 Å². The SMILES string of the molecule is COP(=O)(OC)OC.c1cc2ccc1-2. The maximum atomic E-state index is 10.7. The number of phosphoric acid groups is 1. The number of hydrogen-bond acceptors (Lipinski definition) is 4. The Morgan fingerprint density at radius 3 is 1.14 bits per heavy atom. The van der Waals surface area contributed by atoms with Gasteiger partial charge in [-0.05, 0) is 11.1 Å². The molecule has 4 nitrogen and oxygen atoms in total. The Bertz CT molecular complexity index is 293. The quantitative estimate of drug-likeness (QED) is 0.740. The second-order valence-corrected chi connectivity index (χ2v) is 4.56. The van der Waals surface area contributed by atoms with Gasteiger partial charge in [0.15, 0.2) is 0 Å². The molecule has 0 saturated carbocycles. The van der Waals surface area contributed by atoms with Gasteiger partial charge in [0.25, 0.3) is 0 Å². The number of hydrogen-bond donors (Lipinski definition) is 0. The van der Waals surface area contributed by atoms with E-state index in [0.717, 1.165) is 0 Å². The van der Waals surface area contributed by atoms with Crippen LogP contribution >= 0.6 is 7.82 Å². The first kappa shape index (κ1) is 11.4. The Hall–Kier alpha value is -0.670. The highest BCUT2D eigenvalue weighted by Gasteiger charge is 2.18. The van der Waals surface area contributed by atoms with E-state index in [0.29, 0.717) is 0 Å². The van der Waals surface area contributed by atoms with Gasteiger partial charge in [0.1, 0.15) is 0 Å². The molecule has 5 heteroatoms. The van der Waals surface area contributed by atoms with Crippen molar-refractivity contribution in [3.05, 3.63) is 24.3 Å². The lowest BCUT2D eigenvalue weighted by Gasteiger charge is -2.10. The third-order valence-corrected chi connectivity index (χ3v) is 3.23. The fourth-order valence-electron chi connectivity index (χ4n) is 0.886. The zero-order chi connectivity index (χ0) is 10.6. The highest BCUT2D eigenvalue weighted by atomic mass is 31.2. The fraction of sp³-hybridized carbons (Fsp3) is 0.333. The van der Waals surface area contributed by atoms with E-state index >= 15 is 0 Å². The largest absolute Gasteiger partial charge is 0.473 e. The van der Waals surface area contributed by atoms with E-state index < -0.39 is 7.82 Å². The van der Waals surface area contributed by atoms with Crippen molar-refractivity contribution in [2.45, 2.75) is 0 Å². The molecule has 0 atom stereocenters. The predicted molar refractivity (Wildman–Crippen MR) is 54.1 cm³/mol. The molecular weight excluding hydrogens is 203 g/mol. The monoisotopic (exact) mass is 216 g/mol. The lowest BCUT2D eigenvalue weighted by Crippen LogP contribution is -1.88. The fourth-order valence-corrected chi connectivity index (χ4v) is 1.33. The molecule has 2 aliphatic rings. The molecule has 78 valence electrons. The van der Waals surface area contributed by atoms with Crippen molar-refractivity contribution in [2.75, 3.05) is 21.3 Å². The lowest BCUT2D eigenvalue weighted by molar-refractivity contribution is 0.178. The minimum atomic E-state index is -3.16. The van der Waals surface area contributed by atoms with Crippen LogP contribution in [0.3, 0.4) is 0 Å². The summed E-state index contributed by atoms with van der Waals surface area (Å²) < 4.78 is 23.7. The zero-order valence-corrected chi connectivity index (χ0v) is 9.28. The van der Waals surface area contributed by atoms with Gasteiger partial charge in [0.05, 0.1) is 0 Å². The summed E-state index contributed by atoms with van der Waals surface area (Å²) in [5.74, 6) is 0. The van der Waals surface area contributed by atoms with E-state index in [1.54, 1.807) is 0 Å². The van der Waals surface area contributed by atoms with Gasteiger partial charge < -0.3 is 0 Å². The van der Waals surface area contributed by atoms with Crippen molar-refractivity contribution >= 4 is 7.82 Å². The molecule has 0 radical (unpaired) electrons. The average Bonchev–Trinajstić information content (AvgIpc) is 2.23. The molecule has 0 fully saturated rings. The van der Waals surface area contributed by atoms with Gasteiger partial charge in [-0.25, -0.2) is 4.57 Å². The summed E-state index contributed by atoms with van der Waals surface area (Å²) in [7, 11) is 0.611. The lowest BCUT2D eigenvalue weighted by atomic mass is 9.95. The third-order valence-electron chi connectivity index (χ3n) is 1.89. The molecule has 0 aromatic heterocycles. The van der Waals surface area contributed by atoms with Gasteiger partial charge >= 0.3 is 7.82 Å². The van der Waals surface area contributed by atoms with Gasteiger partial charge in [-0.3, -0.25) is 13.6 Å². The minimum absolute atomic E-state index is 1.26. The first-order valence-electron chi connectivity index (χ1n) is 4.03. The molecule has 0 unspecified atom stereocenters. The second-order valence-electron chi connectivity index (χ2n) is 2.57. The maximum absolute atomic E-state index is 10.7. The van der Waals surface area contributed by atoms with Gasteiger partial charge in [0, 0.05) is 21.3 Å². The average molecular weight is 216 g/mol. The van der Waals surface area contributed by atoms with Crippen molar-refractivity contribution in [1.82, 2.24) is 0 Å². The predicted octanol–water partition coefficient (Wildman–Crippen LogP) is 2.70. The Balaban J connectivity index is 0.000000143. The Morgan fingerprint density at radius 1 is 0.857 bits per heavy atom. The van der Waals surface area contributed by atoms with Crippen LogP contribution in [0.5, 0.6) is 0 Å². The van der Waals surface area contributed by atoms with E-state index in [9.17, 15) is 4.57 Å². The van der Waals surface area contributed by atoms with Gasteiger partial charge in [0.2, 0.25) is 0 Å². The molecule has 0 heterocycles. The summed E-state index contributed by atoms with van der Waals surface area (Å²) in [4.78, 5) is 0. The van der Waals surface area contributed by atoms with Crippen molar-refractivity contribution in [1.29, 1.82) is 0 Å². The van der Waals surface area contributed by atoms with E-state index in [-0.39, 0.29) is 0 Å². The van der Waals surface area contributed by atoms with Crippen molar-refractivity contribution in [3.8, 4) is 11.1 Å². The first-order valence-corrected chi connectivity index (χ1v) is 5.49. The molecule has 14 heavy (non-hydrogen) atoms. The molecule has 0 saturated heterocycles. The molecule has 0 aromatic rings. The Kier molecular flexibility index (Phi) is 3.84. The smallest absolute Gasteiger partial charge is 0.290 e. The molecule has 0 N–H and O–H groups in total. The summed E-state index contributed by atoms with van der Waals surface area (Å²) in [6.45, 7) is 0. The molecule has 0 aromatic carbocycles. The van der Waals surface area contributed by atoms with Crippen LogP contribution in [0, 0.1) is 0 Å². The highest BCUT2D eigenvalue weighted by Crippen LogP contribution is 2.46. The van der Waals surface area contributed by atoms with Gasteiger partial charge in [-0.15, -0.1) is 0 Å². The molecular formula is C9H13O4P. The normalized spacial score (nSPS) is 11.6. The van der Waals surface area contributed by atoms with E-state index in [1.807, 2.05) is 0 Å². The van der Waals surface area contributed by atoms with Crippen molar-refractivity contribution < 1.29 is 18.1 Å². The summed E-state index contributed by atoms with van der Waals surface area (Å²) in [5.41, 5.74) is 2.85. The van der Waals surface area contributed by atoms with Crippen LogP contribution in [0.25, 0.3) is 11.1 Å². The Labute approximate surface area is 83.4 Å². The van der Waals surface area contributed by atoms with Gasteiger partial charge in [-0.2, -0.15) is 0 Å². The summed E-state index contributed by atoms with van der Waals surface area (Å²) in [6.07, 6.45) is 0. The molecule has 0 aliphatic heterocycles. The summed E-state index contributed by atoms with van der Waals surface area (Å²) >= 11 is 0. The Morgan fingerprint density at radius 2 is 1.14 bits per heavy atom. The van der Waals surface area contributed by atoms with Crippen molar-refractivity contribution in [3.63, 3.8) is 0 Å². The van der Waals surface area contributed by atoms with Crippen LogP contribution in [0.2, 0.25) is 0 Å². The van der Waals surface area contributed by atoms with Crippen LogP contribution in [-0.2, 0) is 18.1 Å². The van der Waals surface area contributed by atoms with E-state index in [2.05, 4.69) is 37.8 Å². The summed E-state index contributed by atoms with van der Waals surface area (Å²) in [6, 6.07) is 8.48. The van der Waals surface area contributed by atoms with E-state index in [4.69, 9.17) is 0 Å². The molecule has 0 bridgehead atoms. The number of fused-ring (bicyclic) bond motifs is 1. The van der Waals surface area contributed by atoms with Gasteiger partial charge in [-0.1, -0.05) is 24.3 Å². The number of rotatable bonds is 3. The number of benzene rings is 1. The second kappa shape index (κ2) is 4.71. The van der Waals surface area contributed by atoms with Crippen LogP contribution in [0.1, 0.15) is 0 Å². The maximum Gasteiger partial charge on any atom is 0.473 e. The molecule has 0 amide bonds. The van der Waals surface area contributed by atoms with Crippen molar-refractivity contribution in [2.24, 2.45) is 0 Å². The molecule has 2 aliphatic carbocycles.